The summed E-state index contributed by atoms with van der Waals surface area (Å²) in [5, 5.41) is 6.94. The van der Waals surface area contributed by atoms with Gasteiger partial charge in [0.2, 0.25) is 0 Å². The summed E-state index contributed by atoms with van der Waals surface area (Å²) in [4.78, 5) is 0. The molecule has 90 valence electrons. The van der Waals surface area contributed by atoms with E-state index in [-0.39, 0.29) is 5.69 Å². The van der Waals surface area contributed by atoms with Gasteiger partial charge in [0.15, 0.2) is 0 Å². The highest BCUT2D eigenvalue weighted by Gasteiger charge is 2.14. The minimum absolute atomic E-state index is 0.147. The number of aromatic nitrogens is 2. The van der Waals surface area contributed by atoms with Crippen LogP contribution in [0.2, 0.25) is 0 Å². The molecule has 0 unspecified atom stereocenters. The van der Waals surface area contributed by atoms with E-state index in [0.29, 0.717) is 11.4 Å². The maximum atomic E-state index is 13.5. The molecule has 1 heterocycles. The number of hydrogen-bond donors (Lipinski definition) is 1. The highest BCUT2D eigenvalue weighted by atomic mass is 19.1. The topological polar surface area (TPSA) is 29.9 Å². The Balaban J connectivity index is 2.45. The predicted molar refractivity (Wildman–Crippen MR) is 62.3 cm³/mol. The van der Waals surface area contributed by atoms with E-state index in [0.717, 1.165) is 5.69 Å². The van der Waals surface area contributed by atoms with Gasteiger partial charge in [-0.15, -0.1) is 0 Å². The molecule has 17 heavy (non-hydrogen) atoms. The lowest BCUT2D eigenvalue weighted by atomic mass is 10.2. The Kier molecular flexibility index (Phi) is 2.83. The second kappa shape index (κ2) is 4.16. The molecule has 3 nitrogen and oxygen atoms in total. The van der Waals surface area contributed by atoms with Crippen molar-refractivity contribution < 1.29 is 8.78 Å². The molecule has 0 saturated carbocycles. The first-order chi connectivity index (χ1) is 8.00. The summed E-state index contributed by atoms with van der Waals surface area (Å²) in [6.07, 6.45) is 0. The molecule has 0 atom stereocenters. The van der Waals surface area contributed by atoms with Gasteiger partial charge in [0.25, 0.3) is 0 Å². The molecule has 0 spiro atoms. The summed E-state index contributed by atoms with van der Waals surface area (Å²) < 4.78 is 28.6. The molecule has 0 saturated heterocycles. The van der Waals surface area contributed by atoms with Crippen LogP contribution in [0.5, 0.6) is 0 Å². The molecule has 1 aromatic heterocycles. The SMILES string of the molecule is Cc1nn(C)c(C)c1Nc1c(F)cccc1F. The van der Waals surface area contributed by atoms with E-state index in [4.69, 9.17) is 0 Å². The van der Waals surface area contributed by atoms with E-state index in [1.54, 1.807) is 18.7 Å². The minimum Gasteiger partial charge on any atom is -0.348 e. The van der Waals surface area contributed by atoms with E-state index >= 15 is 0 Å². The lowest BCUT2D eigenvalue weighted by Crippen LogP contribution is -1.99. The van der Waals surface area contributed by atoms with Crippen molar-refractivity contribution in [3.63, 3.8) is 0 Å². The Labute approximate surface area is 98.1 Å². The normalized spacial score (nSPS) is 10.6. The molecule has 0 aliphatic carbocycles. The lowest BCUT2D eigenvalue weighted by Gasteiger charge is -2.08. The van der Waals surface area contributed by atoms with Crippen molar-refractivity contribution in [3.05, 3.63) is 41.2 Å². The zero-order chi connectivity index (χ0) is 12.6. The molecule has 0 aliphatic rings. The predicted octanol–water partition coefficient (Wildman–Crippen LogP) is 3.06. The molecule has 1 N–H and O–H groups in total. The van der Waals surface area contributed by atoms with Crippen LogP contribution in [0, 0.1) is 25.5 Å². The lowest BCUT2D eigenvalue weighted by molar-refractivity contribution is 0.590. The van der Waals surface area contributed by atoms with Crippen molar-refractivity contribution in [2.75, 3.05) is 5.32 Å². The number of hydrogen-bond acceptors (Lipinski definition) is 2. The zero-order valence-corrected chi connectivity index (χ0v) is 9.88. The van der Waals surface area contributed by atoms with Crippen LogP contribution >= 0.6 is 0 Å². The second-order valence-corrected chi connectivity index (χ2v) is 3.89. The van der Waals surface area contributed by atoms with Crippen molar-refractivity contribution in [3.8, 4) is 0 Å². The first-order valence-corrected chi connectivity index (χ1v) is 5.22. The third kappa shape index (κ3) is 2.00. The van der Waals surface area contributed by atoms with Crippen molar-refractivity contribution in [1.82, 2.24) is 9.78 Å². The fourth-order valence-corrected chi connectivity index (χ4v) is 1.70. The maximum absolute atomic E-state index is 13.5. The van der Waals surface area contributed by atoms with Crippen LogP contribution in [0.25, 0.3) is 0 Å². The number of nitrogens with one attached hydrogen (secondary N) is 1. The number of halogens is 2. The van der Waals surface area contributed by atoms with Gasteiger partial charge in [-0.3, -0.25) is 4.68 Å². The second-order valence-electron chi connectivity index (χ2n) is 3.89. The van der Waals surface area contributed by atoms with Crippen LogP contribution in [0.3, 0.4) is 0 Å². The number of nitrogens with zero attached hydrogens (tertiary/aromatic N) is 2. The summed E-state index contributed by atoms with van der Waals surface area (Å²) in [5.74, 6) is -1.24. The summed E-state index contributed by atoms with van der Waals surface area (Å²) in [6, 6.07) is 3.76. The minimum atomic E-state index is -0.618. The van der Waals surface area contributed by atoms with Crippen LogP contribution in [-0.2, 0) is 7.05 Å². The summed E-state index contributed by atoms with van der Waals surface area (Å²) in [7, 11) is 1.78. The van der Waals surface area contributed by atoms with Crippen LogP contribution in [-0.4, -0.2) is 9.78 Å². The third-order valence-electron chi connectivity index (χ3n) is 2.72. The van der Waals surface area contributed by atoms with Crippen LogP contribution in [0.1, 0.15) is 11.4 Å². The molecule has 0 aliphatic heterocycles. The first-order valence-electron chi connectivity index (χ1n) is 5.22. The fraction of sp³-hybridized carbons (Fsp3) is 0.250. The van der Waals surface area contributed by atoms with Gasteiger partial charge in [-0.05, 0) is 26.0 Å². The van der Waals surface area contributed by atoms with Gasteiger partial charge in [-0.2, -0.15) is 5.10 Å². The number of benzene rings is 1. The molecule has 0 radical (unpaired) electrons. The summed E-state index contributed by atoms with van der Waals surface area (Å²) >= 11 is 0. The zero-order valence-electron chi connectivity index (χ0n) is 9.88. The Morgan fingerprint density at radius 3 is 2.18 bits per heavy atom. The molecule has 1 aromatic carbocycles. The van der Waals surface area contributed by atoms with Crippen molar-refractivity contribution >= 4 is 11.4 Å². The Bertz CT molecular complexity index is 541. The summed E-state index contributed by atoms with van der Waals surface area (Å²) in [5.41, 5.74) is 2.01. The average molecular weight is 237 g/mol. The monoisotopic (exact) mass is 237 g/mol. The molecule has 0 bridgehead atoms. The number of aryl methyl sites for hydroxylation is 2. The average Bonchev–Trinajstić information content (AvgIpc) is 2.49. The van der Waals surface area contributed by atoms with Gasteiger partial charge in [0.05, 0.1) is 17.1 Å². The van der Waals surface area contributed by atoms with E-state index in [2.05, 4.69) is 10.4 Å². The van der Waals surface area contributed by atoms with E-state index in [1.165, 1.54) is 18.2 Å². The largest absolute Gasteiger partial charge is 0.348 e. The van der Waals surface area contributed by atoms with Crippen LogP contribution in [0.4, 0.5) is 20.2 Å². The fourth-order valence-electron chi connectivity index (χ4n) is 1.70. The van der Waals surface area contributed by atoms with Gasteiger partial charge in [0, 0.05) is 7.05 Å². The molecule has 0 fully saturated rings. The third-order valence-corrected chi connectivity index (χ3v) is 2.72. The van der Waals surface area contributed by atoms with Gasteiger partial charge in [0.1, 0.15) is 17.3 Å². The van der Waals surface area contributed by atoms with Gasteiger partial charge in [-0.1, -0.05) is 6.07 Å². The highest BCUT2D eigenvalue weighted by molar-refractivity contribution is 5.65. The van der Waals surface area contributed by atoms with Gasteiger partial charge in [-0.25, -0.2) is 8.78 Å². The smallest absolute Gasteiger partial charge is 0.149 e. The van der Waals surface area contributed by atoms with Gasteiger partial charge < -0.3 is 5.32 Å². The van der Waals surface area contributed by atoms with Gasteiger partial charge >= 0.3 is 0 Å². The van der Waals surface area contributed by atoms with Crippen LogP contribution in [0.15, 0.2) is 18.2 Å². The molecule has 5 heteroatoms. The molecule has 2 aromatic rings. The van der Waals surface area contributed by atoms with E-state index in [1.807, 2.05) is 6.92 Å². The van der Waals surface area contributed by atoms with Crippen molar-refractivity contribution in [2.24, 2.45) is 7.05 Å². The molecule has 2 rings (SSSR count). The number of rotatable bonds is 2. The van der Waals surface area contributed by atoms with Crippen LogP contribution < -0.4 is 5.32 Å². The Hall–Kier alpha value is -1.91. The molecule has 0 amide bonds. The van der Waals surface area contributed by atoms with Crippen molar-refractivity contribution in [2.45, 2.75) is 13.8 Å². The van der Waals surface area contributed by atoms with Crippen molar-refractivity contribution in [1.29, 1.82) is 0 Å². The standard InChI is InChI=1S/C12H13F2N3/c1-7-11(8(2)17(3)16-7)15-12-9(13)5-4-6-10(12)14/h4-6,15H,1-3H3. The summed E-state index contributed by atoms with van der Waals surface area (Å²) in [6.45, 7) is 3.62. The molecular formula is C12H13F2N3. The molecular weight excluding hydrogens is 224 g/mol. The Morgan fingerprint density at radius 2 is 1.71 bits per heavy atom. The maximum Gasteiger partial charge on any atom is 0.149 e. The number of para-hydroxylation sites is 1. The quantitative estimate of drug-likeness (QED) is 0.870. The first kappa shape index (κ1) is 11.6. The highest BCUT2D eigenvalue weighted by Crippen LogP contribution is 2.27. The number of anilines is 2. The van der Waals surface area contributed by atoms with E-state index < -0.39 is 11.6 Å². The van der Waals surface area contributed by atoms with E-state index in [9.17, 15) is 8.78 Å². The Morgan fingerprint density at radius 1 is 1.12 bits per heavy atom.